The molecule has 0 aliphatic heterocycles. The van der Waals surface area contributed by atoms with Gasteiger partial charge in [-0.15, -0.1) is 0 Å². The number of aliphatic hydroxyl groups is 1. The maximum Gasteiger partial charge on any atom is 0.123 e. The van der Waals surface area contributed by atoms with E-state index in [9.17, 15) is 0 Å². The molecule has 0 heterocycles. The number of thioether (sulfide) groups is 1. The highest BCUT2D eigenvalue weighted by molar-refractivity contribution is 7.99. The van der Waals surface area contributed by atoms with Gasteiger partial charge in [0.2, 0.25) is 0 Å². The number of hydrogen-bond donors (Lipinski definition) is 2. The van der Waals surface area contributed by atoms with Crippen LogP contribution in [0.2, 0.25) is 0 Å². The van der Waals surface area contributed by atoms with Crippen molar-refractivity contribution in [2.45, 2.75) is 25.8 Å². The van der Waals surface area contributed by atoms with Crippen LogP contribution in [0.5, 0.6) is 5.75 Å². The van der Waals surface area contributed by atoms with Gasteiger partial charge in [-0.3, -0.25) is 0 Å². The number of hydrogen-bond acceptors (Lipinski definition) is 4. The van der Waals surface area contributed by atoms with E-state index < -0.39 is 0 Å². The van der Waals surface area contributed by atoms with Crippen molar-refractivity contribution < 1.29 is 9.84 Å². The molecule has 1 unspecified atom stereocenters. The van der Waals surface area contributed by atoms with Gasteiger partial charge in [-0.1, -0.05) is 25.1 Å². The minimum atomic E-state index is 0.273. The second-order valence-electron chi connectivity index (χ2n) is 4.40. The summed E-state index contributed by atoms with van der Waals surface area (Å²) in [5.41, 5.74) is 1.22. The first-order valence-electron chi connectivity index (χ1n) is 6.88. The van der Waals surface area contributed by atoms with E-state index in [1.807, 2.05) is 23.9 Å². The minimum absolute atomic E-state index is 0.273. The smallest absolute Gasteiger partial charge is 0.123 e. The number of nitrogens with one attached hydrogen (secondary N) is 1. The molecule has 1 aromatic rings. The number of benzene rings is 1. The summed E-state index contributed by atoms with van der Waals surface area (Å²) in [5.74, 6) is 2.94. The molecule has 108 valence electrons. The molecule has 0 bridgehead atoms. The number of aliphatic hydroxyl groups excluding tert-OH is 1. The summed E-state index contributed by atoms with van der Waals surface area (Å²) < 4.78 is 5.44. The van der Waals surface area contributed by atoms with Gasteiger partial charge < -0.3 is 15.2 Å². The average molecular weight is 283 g/mol. The molecule has 1 atom stereocenters. The zero-order chi connectivity index (χ0) is 13.9. The molecule has 2 N–H and O–H groups in total. The summed E-state index contributed by atoms with van der Waals surface area (Å²) in [6.45, 7) is 3.45. The Bertz CT molecular complexity index is 347. The molecule has 0 aliphatic carbocycles. The van der Waals surface area contributed by atoms with Crippen LogP contribution in [0.3, 0.4) is 0 Å². The number of ether oxygens (including phenoxy) is 1. The summed E-state index contributed by atoms with van der Waals surface area (Å²) in [4.78, 5) is 0. The Morgan fingerprint density at radius 1 is 1.37 bits per heavy atom. The van der Waals surface area contributed by atoms with Gasteiger partial charge in [-0.2, -0.15) is 11.8 Å². The van der Waals surface area contributed by atoms with Gasteiger partial charge in [0.15, 0.2) is 0 Å². The molecule has 4 heteroatoms. The summed E-state index contributed by atoms with van der Waals surface area (Å²) in [6, 6.07) is 8.49. The fraction of sp³-hybridized carbons (Fsp3) is 0.600. The molecular weight excluding hydrogens is 258 g/mol. The summed E-state index contributed by atoms with van der Waals surface area (Å²) in [5, 5.41) is 12.4. The number of rotatable bonds is 10. The monoisotopic (exact) mass is 283 g/mol. The predicted octanol–water partition coefficient (Wildman–Crippen LogP) is 2.85. The molecule has 0 spiro atoms. The number of para-hydroxylation sites is 1. The molecule has 3 nitrogen and oxygen atoms in total. The summed E-state index contributed by atoms with van der Waals surface area (Å²) >= 11 is 1.87. The van der Waals surface area contributed by atoms with Crippen molar-refractivity contribution in [2.75, 3.05) is 31.8 Å². The first-order chi connectivity index (χ1) is 9.33. The van der Waals surface area contributed by atoms with E-state index in [-0.39, 0.29) is 6.61 Å². The van der Waals surface area contributed by atoms with E-state index in [0.29, 0.717) is 6.04 Å². The highest BCUT2D eigenvalue weighted by Crippen LogP contribution is 2.27. The van der Waals surface area contributed by atoms with Crippen LogP contribution >= 0.6 is 11.8 Å². The van der Waals surface area contributed by atoms with Crippen molar-refractivity contribution in [1.29, 1.82) is 0 Å². The first kappa shape index (κ1) is 16.3. The minimum Gasteiger partial charge on any atom is -0.496 e. The third kappa shape index (κ3) is 5.85. The fourth-order valence-electron chi connectivity index (χ4n) is 1.90. The van der Waals surface area contributed by atoms with Gasteiger partial charge in [0.25, 0.3) is 0 Å². The Balaban J connectivity index is 2.65. The molecule has 1 aromatic carbocycles. The quantitative estimate of drug-likeness (QED) is 0.648. The van der Waals surface area contributed by atoms with Crippen molar-refractivity contribution in [3.63, 3.8) is 0 Å². The lowest BCUT2D eigenvalue weighted by atomic mass is 10.1. The molecular formula is C15H25NO2S. The van der Waals surface area contributed by atoms with Crippen molar-refractivity contribution in [1.82, 2.24) is 5.32 Å². The standard InChI is InChI=1S/C15H25NO2S/c1-3-9-16-14(12-19-11-6-10-17)13-7-4-5-8-15(13)18-2/h4-5,7-8,14,16-17H,3,6,9-12H2,1-2H3. The van der Waals surface area contributed by atoms with Gasteiger partial charge in [-0.25, -0.2) is 0 Å². The molecule has 19 heavy (non-hydrogen) atoms. The van der Waals surface area contributed by atoms with Crippen LogP contribution in [0.1, 0.15) is 31.4 Å². The lowest BCUT2D eigenvalue weighted by molar-refractivity contribution is 0.296. The third-order valence-electron chi connectivity index (χ3n) is 2.89. The van der Waals surface area contributed by atoms with Gasteiger partial charge in [0, 0.05) is 24.0 Å². The molecule has 1 rings (SSSR count). The highest BCUT2D eigenvalue weighted by atomic mass is 32.2. The van der Waals surface area contributed by atoms with E-state index in [0.717, 1.165) is 36.6 Å². The summed E-state index contributed by atoms with van der Waals surface area (Å²) in [7, 11) is 1.72. The molecule has 0 saturated heterocycles. The van der Waals surface area contributed by atoms with Crippen molar-refractivity contribution in [3.05, 3.63) is 29.8 Å². The van der Waals surface area contributed by atoms with Crippen molar-refractivity contribution in [2.24, 2.45) is 0 Å². The van der Waals surface area contributed by atoms with E-state index >= 15 is 0 Å². The molecule has 0 radical (unpaired) electrons. The van der Waals surface area contributed by atoms with Gasteiger partial charge in [-0.05, 0) is 31.2 Å². The Kier molecular flexibility index (Phi) is 8.71. The second-order valence-corrected chi connectivity index (χ2v) is 5.55. The molecule has 0 amide bonds. The Morgan fingerprint density at radius 3 is 2.84 bits per heavy atom. The maximum absolute atomic E-state index is 8.82. The maximum atomic E-state index is 8.82. The van der Waals surface area contributed by atoms with Crippen LogP contribution in [-0.2, 0) is 0 Å². The largest absolute Gasteiger partial charge is 0.496 e. The van der Waals surface area contributed by atoms with Crippen LogP contribution in [0.4, 0.5) is 0 Å². The zero-order valence-corrected chi connectivity index (χ0v) is 12.7. The Morgan fingerprint density at radius 2 is 2.16 bits per heavy atom. The highest BCUT2D eigenvalue weighted by Gasteiger charge is 2.14. The van der Waals surface area contributed by atoms with E-state index in [4.69, 9.17) is 9.84 Å². The van der Waals surface area contributed by atoms with Crippen LogP contribution in [0.15, 0.2) is 24.3 Å². The normalized spacial score (nSPS) is 12.4. The first-order valence-corrected chi connectivity index (χ1v) is 8.03. The van der Waals surface area contributed by atoms with E-state index in [2.05, 4.69) is 24.4 Å². The zero-order valence-electron chi connectivity index (χ0n) is 11.9. The topological polar surface area (TPSA) is 41.5 Å². The van der Waals surface area contributed by atoms with Crippen LogP contribution in [0.25, 0.3) is 0 Å². The molecule has 0 aromatic heterocycles. The fourth-order valence-corrected chi connectivity index (χ4v) is 2.93. The van der Waals surface area contributed by atoms with Gasteiger partial charge in [0.05, 0.1) is 7.11 Å². The lowest BCUT2D eigenvalue weighted by Gasteiger charge is -2.21. The number of methoxy groups -OCH3 is 1. The lowest BCUT2D eigenvalue weighted by Crippen LogP contribution is -2.24. The van der Waals surface area contributed by atoms with Gasteiger partial charge >= 0.3 is 0 Å². The second kappa shape index (κ2) is 10.1. The third-order valence-corrected chi connectivity index (χ3v) is 4.03. The SMILES string of the molecule is CCCNC(CSCCCO)c1ccccc1OC. The predicted molar refractivity (Wildman–Crippen MR) is 83.1 cm³/mol. The summed E-state index contributed by atoms with van der Waals surface area (Å²) in [6.07, 6.45) is 1.98. The van der Waals surface area contributed by atoms with Crippen LogP contribution in [0, 0.1) is 0 Å². The molecule has 0 saturated carbocycles. The van der Waals surface area contributed by atoms with E-state index in [1.54, 1.807) is 7.11 Å². The van der Waals surface area contributed by atoms with Crippen LogP contribution in [-0.4, -0.2) is 36.9 Å². The van der Waals surface area contributed by atoms with Crippen molar-refractivity contribution in [3.8, 4) is 5.75 Å². The Labute approximate surface area is 120 Å². The van der Waals surface area contributed by atoms with Crippen molar-refractivity contribution >= 4 is 11.8 Å². The van der Waals surface area contributed by atoms with Crippen LogP contribution < -0.4 is 10.1 Å². The van der Waals surface area contributed by atoms with E-state index in [1.165, 1.54) is 5.56 Å². The molecule has 0 aliphatic rings. The Hall–Kier alpha value is -0.710. The van der Waals surface area contributed by atoms with Gasteiger partial charge in [0.1, 0.15) is 5.75 Å². The average Bonchev–Trinajstić information content (AvgIpc) is 2.46. The molecule has 0 fully saturated rings.